The number of carbonyl (C=O) groups is 1. The van der Waals surface area contributed by atoms with Crippen LogP contribution >= 0.6 is 27.5 Å². The van der Waals surface area contributed by atoms with Crippen LogP contribution in [0.1, 0.15) is 16.7 Å². The van der Waals surface area contributed by atoms with Crippen molar-refractivity contribution in [2.45, 2.75) is 25.3 Å². The zero-order chi connectivity index (χ0) is 22.6. The van der Waals surface area contributed by atoms with Gasteiger partial charge in [-0.3, -0.25) is 4.79 Å². The smallest absolute Gasteiger partial charge is 0.243 e. The molecule has 1 N–H and O–H groups in total. The van der Waals surface area contributed by atoms with Crippen molar-refractivity contribution in [3.63, 3.8) is 0 Å². The molecule has 31 heavy (non-hydrogen) atoms. The van der Waals surface area contributed by atoms with Crippen LogP contribution in [-0.2, 0) is 21.4 Å². The summed E-state index contributed by atoms with van der Waals surface area (Å²) in [6.07, 6.45) is 0. The molecule has 0 fully saturated rings. The highest BCUT2D eigenvalue weighted by Crippen LogP contribution is 2.24. The van der Waals surface area contributed by atoms with E-state index in [1.165, 1.54) is 16.4 Å². The second-order valence-corrected chi connectivity index (χ2v) is 10.4. The molecule has 0 heterocycles. The first-order valence-corrected chi connectivity index (χ1v) is 12.1. The Kier molecular flexibility index (Phi) is 7.54. The van der Waals surface area contributed by atoms with E-state index in [0.717, 1.165) is 21.2 Å². The van der Waals surface area contributed by atoms with Gasteiger partial charge in [-0.1, -0.05) is 63.4 Å². The highest BCUT2D eigenvalue weighted by molar-refractivity contribution is 9.10. The summed E-state index contributed by atoms with van der Waals surface area (Å²) in [5, 5.41) is 3.30. The monoisotopic (exact) mass is 520 g/mol. The molecule has 0 aliphatic rings. The van der Waals surface area contributed by atoms with Gasteiger partial charge in [-0.05, 0) is 61.4 Å². The van der Waals surface area contributed by atoms with E-state index in [-0.39, 0.29) is 18.0 Å². The van der Waals surface area contributed by atoms with E-state index in [4.69, 9.17) is 11.6 Å². The Morgan fingerprint density at radius 3 is 2.29 bits per heavy atom. The van der Waals surface area contributed by atoms with Crippen LogP contribution in [0.5, 0.6) is 0 Å². The molecule has 3 aromatic carbocycles. The number of carbonyl (C=O) groups excluding carboxylic acids is 1. The first-order valence-electron chi connectivity index (χ1n) is 9.53. The van der Waals surface area contributed by atoms with Gasteiger partial charge >= 0.3 is 0 Å². The van der Waals surface area contributed by atoms with Crippen molar-refractivity contribution < 1.29 is 13.2 Å². The summed E-state index contributed by atoms with van der Waals surface area (Å²) < 4.78 is 28.6. The predicted molar refractivity (Wildman–Crippen MR) is 128 cm³/mol. The first kappa shape index (κ1) is 23.5. The van der Waals surface area contributed by atoms with E-state index in [1.54, 1.807) is 37.3 Å². The van der Waals surface area contributed by atoms with Crippen molar-refractivity contribution >= 4 is 49.1 Å². The lowest BCUT2D eigenvalue weighted by Gasteiger charge is -2.22. The Balaban J connectivity index is 1.89. The summed E-state index contributed by atoms with van der Waals surface area (Å²) in [5.74, 6) is -0.446. The second-order valence-electron chi connectivity index (χ2n) is 7.17. The lowest BCUT2D eigenvalue weighted by atomic mass is 10.1. The molecular weight excluding hydrogens is 500 g/mol. The topological polar surface area (TPSA) is 66.5 Å². The fourth-order valence-corrected chi connectivity index (χ4v) is 4.79. The van der Waals surface area contributed by atoms with Crippen molar-refractivity contribution in [2.75, 3.05) is 11.9 Å². The third-order valence-corrected chi connectivity index (χ3v) is 7.54. The first-order chi connectivity index (χ1) is 14.7. The number of anilines is 1. The van der Waals surface area contributed by atoms with Crippen LogP contribution in [0, 0.1) is 13.8 Å². The average Bonchev–Trinajstić information content (AvgIpc) is 2.73. The molecule has 0 bridgehead atoms. The summed E-state index contributed by atoms with van der Waals surface area (Å²) in [5.41, 5.74) is 3.13. The highest BCUT2D eigenvalue weighted by Gasteiger charge is 2.27. The number of sulfonamides is 1. The molecule has 0 unspecified atom stereocenters. The lowest BCUT2D eigenvalue weighted by molar-refractivity contribution is -0.116. The molecule has 3 rings (SSSR count). The summed E-state index contributed by atoms with van der Waals surface area (Å²) >= 11 is 9.44. The Labute approximate surface area is 196 Å². The maximum atomic E-state index is 13.3. The maximum absolute atomic E-state index is 13.3. The van der Waals surface area contributed by atoms with Gasteiger partial charge in [-0.25, -0.2) is 8.42 Å². The largest absolute Gasteiger partial charge is 0.325 e. The second kappa shape index (κ2) is 9.96. The molecular formula is C23H22BrClN2O3S. The molecule has 0 atom stereocenters. The summed E-state index contributed by atoms with van der Waals surface area (Å²) in [6.45, 7) is 3.49. The SMILES string of the molecule is Cc1ccc(CN(CC(=O)Nc2cccc(Cl)c2C)S(=O)(=O)c2ccc(Br)cc2)cc1. The van der Waals surface area contributed by atoms with Crippen molar-refractivity contribution in [3.8, 4) is 0 Å². The summed E-state index contributed by atoms with van der Waals surface area (Å²) in [6, 6.07) is 19.1. The Bertz CT molecular complexity index is 1180. The number of hydrogen-bond acceptors (Lipinski definition) is 3. The molecule has 0 spiro atoms. The molecule has 162 valence electrons. The van der Waals surface area contributed by atoms with Gasteiger partial charge in [-0.2, -0.15) is 4.31 Å². The normalized spacial score (nSPS) is 11.5. The third kappa shape index (κ3) is 5.95. The number of nitrogens with zero attached hydrogens (tertiary/aromatic N) is 1. The fraction of sp³-hybridized carbons (Fsp3) is 0.174. The van der Waals surface area contributed by atoms with Crippen LogP contribution in [0.15, 0.2) is 76.1 Å². The number of aryl methyl sites for hydroxylation is 1. The Morgan fingerprint density at radius 1 is 1.00 bits per heavy atom. The molecule has 8 heteroatoms. The highest BCUT2D eigenvalue weighted by atomic mass is 79.9. The molecule has 0 radical (unpaired) electrons. The number of rotatable bonds is 7. The zero-order valence-electron chi connectivity index (χ0n) is 17.1. The van der Waals surface area contributed by atoms with Gasteiger partial charge in [0.2, 0.25) is 15.9 Å². The number of nitrogens with one attached hydrogen (secondary N) is 1. The number of hydrogen-bond donors (Lipinski definition) is 1. The molecule has 1 amide bonds. The molecule has 3 aromatic rings. The van der Waals surface area contributed by atoms with Crippen LogP contribution in [-0.4, -0.2) is 25.2 Å². The van der Waals surface area contributed by atoms with Crippen molar-refractivity contribution in [1.82, 2.24) is 4.31 Å². The Morgan fingerprint density at radius 2 is 1.65 bits per heavy atom. The van der Waals surface area contributed by atoms with Crippen LogP contribution in [0.2, 0.25) is 5.02 Å². The number of benzene rings is 3. The average molecular weight is 522 g/mol. The van der Waals surface area contributed by atoms with Gasteiger partial charge in [0.1, 0.15) is 0 Å². The molecule has 5 nitrogen and oxygen atoms in total. The van der Waals surface area contributed by atoms with E-state index in [1.807, 2.05) is 31.2 Å². The lowest BCUT2D eigenvalue weighted by Crippen LogP contribution is -2.37. The standard InChI is InChI=1S/C23H22BrClN2O3S/c1-16-6-8-18(9-7-16)14-27(31(29,30)20-12-10-19(24)11-13-20)15-23(28)26-22-5-3-4-21(25)17(22)2/h3-13H,14-15H2,1-2H3,(H,26,28). The molecule has 0 saturated heterocycles. The van der Waals surface area contributed by atoms with Gasteiger partial charge in [0.05, 0.1) is 11.4 Å². The molecule has 0 aromatic heterocycles. The number of amides is 1. The van der Waals surface area contributed by atoms with E-state index < -0.39 is 15.9 Å². The van der Waals surface area contributed by atoms with Crippen molar-refractivity contribution in [1.29, 1.82) is 0 Å². The minimum Gasteiger partial charge on any atom is -0.325 e. The van der Waals surface area contributed by atoms with Crippen LogP contribution in [0.3, 0.4) is 0 Å². The molecule has 0 saturated carbocycles. The van der Waals surface area contributed by atoms with Gasteiger partial charge in [-0.15, -0.1) is 0 Å². The minimum atomic E-state index is -3.91. The van der Waals surface area contributed by atoms with E-state index >= 15 is 0 Å². The zero-order valence-corrected chi connectivity index (χ0v) is 20.3. The fourth-order valence-electron chi connectivity index (χ4n) is 2.97. The van der Waals surface area contributed by atoms with Crippen molar-refractivity contribution in [2.24, 2.45) is 0 Å². The van der Waals surface area contributed by atoms with Crippen molar-refractivity contribution in [3.05, 3.63) is 92.9 Å². The van der Waals surface area contributed by atoms with Gasteiger partial charge in [0.25, 0.3) is 0 Å². The van der Waals surface area contributed by atoms with Crippen LogP contribution in [0.4, 0.5) is 5.69 Å². The minimum absolute atomic E-state index is 0.0701. The Hall–Kier alpha value is -2.19. The summed E-state index contributed by atoms with van der Waals surface area (Å²) in [4.78, 5) is 12.9. The number of halogens is 2. The quantitative estimate of drug-likeness (QED) is 0.443. The molecule has 0 aliphatic heterocycles. The van der Waals surface area contributed by atoms with E-state index in [9.17, 15) is 13.2 Å². The van der Waals surface area contributed by atoms with E-state index in [2.05, 4.69) is 21.2 Å². The van der Waals surface area contributed by atoms with E-state index in [0.29, 0.717) is 10.7 Å². The van der Waals surface area contributed by atoms with Crippen LogP contribution in [0.25, 0.3) is 0 Å². The maximum Gasteiger partial charge on any atom is 0.243 e. The van der Waals surface area contributed by atoms with Gasteiger partial charge < -0.3 is 5.32 Å². The van der Waals surface area contributed by atoms with Gasteiger partial charge in [0.15, 0.2) is 0 Å². The molecule has 0 aliphatic carbocycles. The predicted octanol–water partition coefficient (Wildman–Crippen LogP) is 5.55. The van der Waals surface area contributed by atoms with Gasteiger partial charge in [0, 0.05) is 21.7 Å². The summed E-state index contributed by atoms with van der Waals surface area (Å²) in [7, 11) is -3.91. The van der Waals surface area contributed by atoms with Crippen LogP contribution < -0.4 is 5.32 Å². The third-order valence-electron chi connectivity index (χ3n) is 4.79.